The van der Waals surface area contributed by atoms with Crippen LogP contribution in [0.3, 0.4) is 0 Å². The third kappa shape index (κ3) is 4.45. The standard InChI is InChI=1S/C13H19NO2/c1-2-3-4-9-14-10-13(16)11-5-7-12(15)8-6-11/h5-8,14-15H,2-4,9-10H2,1H3. The van der Waals surface area contributed by atoms with Crippen molar-refractivity contribution in [3.8, 4) is 5.75 Å². The van der Waals surface area contributed by atoms with Gasteiger partial charge >= 0.3 is 0 Å². The second kappa shape index (κ2) is 7.01. The van der Waals surface area contributed by atoms with E-state index in [2.05, 4.69) is 12.2 Å². The predicted octanol–water partition coefficient (Wildman–Crippen LogP) is 2.35. The zero-order valence-corrected chi connectivity index (χ0v) is 9.70. The number of benzene rings is 1. The number of hydrogen-bond donors (Lipinski definition) is 2. The van der Waals surface area contributed by atoms with Gasteiger partial charge in [0.05, 0.1) is 6.54 Å². The van der Waals surface area contributed by atoms with E-state index in [9.17, 15) is 4.79 Å². The molecule has 0 aliphatic rings. The molecule has 0 aliphatic heterocycles. The van der Waals surface area contributed by atoms with Crippen LogP contribution >= 0.6 is 0 Å². The van der Waals surface area contributed by atoms with E-state index in [0.717, 1.165) is 13.0 Å². The molecule has 0 radical (unpaired) electrons. The highest BCUT2D eigenvalue weighted by molar-refractivity contribution is 5.97. The zero-order chi connectivity index (χ0) is 11.8. The molecule has 0 amide bonds. The van der Waals surface area contributed by atoms with Crippen molar-refractivity contribution in [3.63, 3.8) is 0 Å². The van der Waals surface area contributed by atoms with Crippen LogP contribution in [0.4, 0.5) is 0 Å². The third-order valence-electron chi connectivity index (χ3n) is 2.43. The fourth-order valence-corrected chi connectivity index (χ4v) is 1.45. The SMILES string of the molecule is CCCCCNCC(=O)c1ccc(O)cc1. The Morgan fingerprint density at radius 2 is 1.94 bits per heavy atom. The fraction of sp³-hybridized carbons (Fsp3) is 0.462. The van der Waals surface area contributed by atoms with Crippen LogP contribution in [0.5, 0.6) is 5.75 Å². The Morgan fingerprint density at radius 1 is 1.25 bits per heavy atom. The number of Topliss-reactive ketones (excluding diaryl/α,β-unsaturated/α-hetero) is 1. The maximum Gasteiger partial charge on any atom is 0.176 e. The number of nitrogens with one attached hydrogen (secondary N) is 1. The molecular formula is C13H19NO2. The van der Waals surface area contributed by atoms with Crippen LogP contribution in [0.15, 0.2) is 24.3 Å². The lowest BCUT2D eigenvalue weighted by atomic mass is 10.1. The van der Waals surface area contributed by atoms with Crippen molar-refractivity contribution in [2.24, 2.45) is 0 Å². The molecule has 0 spiro atoms. The van der Waals surface area contributed by atoms with E-state index in [1.807, 2.05) is 0 Å². The molecule has 0 saturated carbocycles. The molecule has 0 unspecified atom stereocenters. The Hall–Kier alpha value is -1.35. The second-order valence-corrected chi connectivity index (χ2v) is 3.85. The van der Waals surface area contributed by atoms with Gasteiger partial charge in [-0.05, 0) is 37.2 Å². The van der Waals surface area contributed by atoms with Gasteiger partial charge in [-0.25, -0.2) is 0 Å². The lowest BCUT2D eigenvalue weighted by Gasteiger charge is -2.03. The molecule has 0 aliphatic carbocycles. The summed E-state index contributed by atoms with van der Waals surface area (Å²) in [5.41, 5.74) is 0.640. The molecule has 3 heteroatoms. The monoisotopic (exact) mass is 221 g/mol. The predicted molar refractivity (Wildman–Crippen MR) is 64.8 cm³/mol. The molecule has 1 aromatic carbocycles. The summed E-state index contributed by atoms with van der Waals surface area (Å²) in [6.45, 7) is 3.41. The van der Waals surface area contributed by atoms with Crippen molar-refractivity contribution < 1.29 is 9.90 Å². The molecular weight excluding hydrogens is 202 g/mol. The quantitative estimate of drug-likeness (QED) is 0.549. The first-order chi connectivity index (χ1) is 7.74. The van der Waals surface area contributed by atoms with Crippen LogP contribution in [0, 0.1) is 0 Å². The Labute approximate surface area is 96.5 Å². The maximum absolute atomic E-state index is 11.6. The topological polar surface area (TPSA) is 49.3 Å². The van der Waals surface area contributed by atoms with Gasteiger partial charge in [0.25, 0.3) is 0 Å². The average Bonchev–Trinajstić information content (AvgIpc) is 2.29. The minimum atomic E-state index is 0.0662. The number of unbranched alkanes of at least 4 members (excludes halogenated alkanes) is 2. The summed E-state index contributed by atoms with van der Waals surface area (Å²) in [4.78, 5) is 11.6. The Kier molecular flexibility index (Phi) is 5.57. The Bertz CT molecular complexity index is 319. The summed E-state index contributed by atoms with van der Waals surface area (Å²) in [5, 5.41) is 12.2. The summed E-state index contributed by atoms with van der Waals surface area (Å²) in [6, 6.07) is 6.35. The second-order valence-electron chi connectivity index (χ2n) is 3.85. The highest BCUT2D eigenvalue weighted by atomic mass is 16.3. The van der Waals surface area contributed by atoms with Gasteiger partial charge in [-0.1, -0.05) is 19.8 Å². The first-order valence-electron chi connectivity index (χ1n) is 5.77. The first-order valence-corrected chi connectivity index (χ1v) is 5.77. The molecule has 88 valence electrons. The fourth-order valence-electron chi connectivity index (χ4n) is 1.45. The van der Waals surface area contributed by atoms with E-state index in [0.29, 0.717) is 12.1 Å². The summed E-state index contributed by atoms with van der Waals surface area (Å²) in [5.74, 6) is 0.254. The van der Waals surface area contributed by atoms with Gasteiger partial charge in [0.2, 0.25) is 0 Å². The number of phenolic OH excluding ortho intramolecular Hbond substituents is 1. The average molecular weight is 221 g/mol. The van der Waals surface area contributed by atoms with Crippen molar-refractivity contribution in [2.45, 2.75) is 26.2 Å². The number of phenols is 1. The van der Waals surface area contributed by atoms with Crippen LogP contribution in [0.1, 0.15) is 36.5 Å². The highest BCUT2D eigenvalue weighted by Gasteiger charge is 2.04. The van der Waals surface area contributed by atoms with E-state index in [-0.39, 0.29) is 11.5 Å². The molecule has 1 rings (SSSR count). The molecule has 2 N–H and O–H groups in total. The van der Waals surface area contributed by atoms with Gasteiger partial charge in [-0.3, -0.25) is 4.79 Å². The summed E-state index contributed by atoms with van der Waals surface area (Å²) < 4.78 is 0. The molecule has 0 heterocycles. The van der Waals surface area contributed by atoms with Crippen molar-refractivity contribution in [3.05, 3.63) is 29.8 Å². The van der Waals surface area contributed by atoms with E-state index in [1.54, 1.807) is 12.1 Å². The summed E-state index contributed by atoms with van der Waals surface area (Å²) in [6.07, 6.45) is 3.49. The number of carbonyl (C=O) groups excluding carboxylic acids is 1. The third-order valence-corrected chi connectivity index (χ3v) is 2.43. The van der Waals surface area contributed by atoms with Gasteiger partial charge in [0, 0.05) is 5.56 Å². The molecule has 0 aromatic heterocycles. The molecule has 0 atom stereocenters. The molecule has 3 nitrogen and oxygen atoms in total. The van der Waals surface area contributed by atoms with Crippen LogP contribution in [-0.2, 0) is 0 Å². The number of hydrogen-bond acceptors (Lipinski definition) is 3. The lowest BCUT2D eigenvalue weighted by Crippen LogP contribution is -2.23. The van der Waals surface area contributed by atoms with Crippen LogP contribution in [0.25, 0.3) is 0 Å². The van der Waals surface area contributed by atoms with Gasteiger partial charge in [0.1, 0.15) is 5.75 Å². The van der Waals surface area contributed by atoms with Crippen molar-refractivity contribution in [1.82, 2.24) is 5.32 Å². The normalized spacial score (nSPS) is 10.3. The van der Waals surface area contributed by atoms with E-state index in [4.69, 9.17) is 5.11 Å². The Balaban J connectivity index is 2.27. The molecule has 1 aromatic rings. The van der Waals surface area contributed by atoms with Gasteiger partial charge < -0.3 is 10.4 Å². The van der Waals surface area contributed by atoms with Crippen LogP contribution < -0.4 is 5.32 Å². The van der Waals surface area contributed by atoms with Crippen LogP contribution in [0.2, 0.25) is 0 Å². The smallest absolute Gasteiger partial charge is 0.176 e. The minimum absolute atomic E-state index is 0.0662. The van der Waals surface area contributed by atoms with E-state index >= 15 is 0 Å². The van der Waals surface area contributed by atoms with Crippen LogP contribution in [-0.4, -0.2) is 24.0 Å². The van der Waals surface area contributed by atoms with Gasteiger partial charge in [-0.15, -0.1) is 0 Å². The lowest BCUT2D eigenvalue weighted by molar-refractivity contribution is 0.0991. The summed E-state index contributed by atoms with van der Waals surface area (Å²) >= 11 is 0. The first kappa shape index (κ1) is 12.7. The minimum Gasteiger partial charge on any atom is -0.508 e. The number of rotatable bonds is 7. The Morgan fingerprint density at radius 3 is 2.56 bits per heavy atom. The van der Waals surface area contributed by atoms with E-state index < -0.39 is 0 Å². The van der Waals surface area contributed by atoms with Gasteiger partial charge in [0.15, 0.2) is 5.78 Å². The van der Waals surface area contributed by atoms with Crippen molar-refractivity contribution in [1.29, 1.82) is 0 Å². The number of aromatic hydroxyl groups is 1. The molecule has 0 saturated heterocycles. The summed E-state index contributed by atoms with van der Waals surface area (Å²) in [7, 11) is 0. The molecule has 0 bridgehead atoms. The molecule has 16 heavy (non-hydrogen) atoms. The largest absolute Gasteiger partial charge is 0.508 e. The zero-order valence-electron chi connectivity index (χ0n) is 9.70. The highest BCUT2D eigenvalue weighted by Crippen LogP contribution is 2.09. The van der Waals surface area contributed by atoms with Gasteiger partial charge in [-0.2, -0.15) is 0 Å². The van der Waals surface area contributed by atoms with E-state index in [1.165, 1.54) is 25.0 Å². The molecule has 0 fully saturated rings. The number of ketones is 1. The number of carbonyl (C=O) groups is 1. The maximum atomic E-state index is 11.6. The van der Waals surface area contributed by atoms with Crippen molar-refractivity contribution >= 4 is 5.78 Å². The van der Waals surface area contributed by atoms with Crippen molar-refractivity contribution in [2.75, 3.05) is 13.1 Å².